The lowest BCUT2D eigenvalue weighted by Crippen LogP contribution is -2.20. The lowest BCUT2D eigenvalue weighted by molar-refractivity contribution is 0.0687. The van der Waals surface area contributed by atoms with Crippen molar-refractivity contribution >= 4 is 5.97 Å². The summed E-state index contributed by atoms with van der Waals surface area (Å²) in [7, 11) is 0. The molecule has 0 aliphatic carbocycles. The van der Waals surface area contributed by atoms with Gasteiger partial charge in [-0.1, -0.05) is 0 Å². The van der Waals surface area contributed by atoms with Crippen LogP contribution in [-0.2, 0) is 6.54 Å². The van der Waals surface area contributed by atoms with Gasteiger partial charge in [-0.3, -0.25) is 9.48 Å². The van der Waals surface area contributed by atoms with Crippen molar-refractivity contribution in [2.45, 2.75) is 13.5 Å². The van der Waals surface area contributed by atoms with E-state index in [1.807, 2.05) is 6.92 Å². The smallest absolute Gasteiger partial charge is 0.360 e. The Balaban J connectivity index is 2.49. The minimum atomic E-state index is -1.34. The van der Waals surface area contributed by atoms with Gasteiger partial charge in [0.25, 0.3) is 0 Å². The van der Waals surface area contributed by atoms with Crippen LogP contribution in [-0.4, -0.2) is 30.6 Å². The van der Waals surface area contributed by atoms with E-state index in [2.05, 4.69) is 10.2 Å². The van der Waals surface area contributed by atoms with E-state index < -0.39 is 17.1 Å². The van der Waals surface area contributed by atoms with Crippen LogP contribution in [0.3, 0.4) is 0 Å². The number of aromatic nitrogens is 4. The Morgan fingerprint density at radius 2 is 2.29 bits per heavy atom. The average Bonchev–Trinajstić information content (AvgIpc) is 2.78. The van der Waals surface area contributed by atoms with Crippen LogP contribution >= 0.6 is 0 Å². The molecule has 0 fully saturated rings. The van der Waals surface area contributed by atoms with Gasteiger partial charge in [-0.05, 0) is 6.92 Å². The fraction of sp³-hybridized carbons (Fsp3) is 0.200. The number of hydrogen-bond donors (Lipinski definition) is 1. The van der Waals surface area contributed by atoms with Crippen molar-refractivity contribution in [1.82, 2.24) is 19.6 Å². The van der Waals surface area contributed by atoms with Crippen LogP contribution in [0.1, 0.15) is 17.4 Å². The maximum absolute atomic E-state index is 11.2. The molecule has 0 saturated heterocycles. The fourth-order valence-electron chi connectivity index (χ4n) is 1.34. The molecule has 2 heterocycles. The Morgan fingerprint density at radius 1 is 1.53 bits per heavy atom. The lowest BCUT2D eigenvalue weighted by Gasteiger charge is -2.01. The third-order valence-electron chi connectivity index (χ3n) is 2.22. The van der Waals surface area contributed by atoms with Gasteiger partial charge in [0.1, 0.15) is 5.69 Å². The summed E-state index contributed by atoms with van der Waals surface area (Å²) in [6, 6.07) is 1.17. The molecule has 7 nitrogen and oxygen atoms in total. The Labute approximate surface area is 95.9 Å². The summed E-state index contributed by atoms with van der Waals surface area (Å²) < 4.78 is 2.99. The minimum absolute atomic E-state index is 0.503. The molecule has 88 valence electrons. The highest BCUT2D eigenvalue weighted by atomic mass is 16.4. The third-order valence-corrected chi connectivity index (χ3v) is 2.22. The maximum atomic E-state index is 11.2. The molecule has 0 aromatic carbocycles. The van der Waals surface area contributed by atoms with E-state index in [9.17, 15) is 9.59 Å². The summed E-state index contributed by atoms with van der Waals surface area (Å²) in [6.07, 6.45) is 4.67. The molecule has 2 rings (SSSR count). The van der Waals surface area contributed by atoms with Gasteiger partial charge < -0.3 is 5.11 Å². The second kappa shape index (κ2) is 4.20. The molecule has 0 spiro atoms. The topological polar surface area (TPSA) is 90.0 Å². The largest absolute Gasteiger partial charge is 0.476 e. The van der Waals surface area contributed by atoms with Gasteiger partial charge in [-0.2, -0.15) is 10.2 Å². The molecule has 0 aliphatic rings. The number of aromatic carboxylic acids is 1. The van der Waals surface area contributed by atoms with Gasteiger partial charge in [-0.25, -0.2) is 9.48 Å². The summed E-state index contributed by atoms with van der Waals surface area (Å²) in [4.78, 5) is 22.0. The summed E-state index contributed by atoms with van der Waals surface area (Å²) in [5.41, 5.74) is -0.511. The second-order valence-corrected chi connectivity index (χ2v) is 3.33. The number of carboxylic acids is 1. The molecule has 0 bridgehead atoms. The standard InChI is InChI=1S/C10H10N4O3/c1-2-13-6-7(5-11-13)14-4-3-8(15)9(12-14)10(16)17/h3-6H,2H2,1H3,(H,16,17). The van der Waals surface area contributed by atoms with Gasteiger partial charge in [0.15, 0.2) is 0 Å². The van der Waals surface area contributed by atoms with Crippen molar-refractivity contribution in [2.75, 3.05) is 0 Å². The van der Waals surface area contributed by atoms with Crippen molar-refractivity contribution in [2.24, 2.45) is 0 Å². The number of aryl methyl sites for hydroxylation is 1. The molecular formula is C10H10N4O3. The quantitative estimate of drug-likeness (QED) is 0.816. The van der Waals surface area contributed by atoms with E-state index in [-0.39, 0.29) is 0 Å². The highest BCUT2D eigenvalue weighted by Crippen LogP contribution is 2.03. The first-order valence-corrected chi connectivity index (χ1v) is 4.98. The molecule has 0 amide bonds. The summed E-state index contributed by atoms with van der Waals surface area (Å²) >= 11 is 0. The van der Waals surface area contributed by atoms with Crippen molar-refractivity contribution in [1.29, 1.82) is 0 Å². The van der Waals surface area contributed by atoms with E-state index in [0.717, 1.165) is 0 Å². The molecule has 0 unspecified atom stereocenters. The zero-order chi connectivity index (χ0) is 12.4. The number of hydrogen-bond acceptors (Lipinski definition) is 4. The van der Waals surface area contributed by atoms with Crippen molar-refractivity contribution in [3.8, 4) is 5.69 Å². The summed E-state index contributed by atoms with van der Waals surface area (Å²) in [5, 5.41) is 16.6. The van der Waals surface area contributed by atoms with Gasteiger partial charge >= 0.3 is 5.97 Å². The van der Waals surface area contributed by atoms with Crippen LogP contribution in [0.2, 0.25) is 0 Å². The third kappa shape index (κ3) is 2.07. The first kappa shape index (κ1) is 11.1. The number of nitrogens with zero attached hydrogens (tertiary/aromatic N) is 4. The van der Waals surface area contributed by atoms with Crippen molar-refractivity contribution in [3.05, 3.63) is 40.6 Å². The molecule has 2 aromatic heterocycles. The van der Waals surface area contributed by atoms with Crippen LogP contribution in [0.4, 0.5) is 0 Å². The number of carboxylic acid groups (broad SMARTS) is 1. The van der Waals surface area contributed by atoms with E-state index in [4.69, 9.17) is 5.11 Å². The minimum Gasteiger partial charge on any atom is -0.476 e. The Hall–Kier alpha value is -2.44. The first-order chi connectivity index (χ1) is 8.11. The molecule has 7 heteroatoms. The van der Waals surface area contributed by atoms with Crippen LogP contribution < -0.4 is 5.43 Å². The molecule has 1 N–H and O–H groups in total. The molecule has 0 atom stereocenters. The predicted octanol–water partition coefficient (Wildman–Crippen LogP) is 0.147. The highest BCUT2D eigenvalue weighted by Gasteiger charge is 2.11. The number of rotatable bonds is 3. The Morgan fingerprint density at radius 3 is 2.88 bits per heavy atom. The zero-order valence-electron chi connectivity index (χ0n) is 9.07. The monoisotopic (exact) mass is 234 g/mol. The van der Waals surface area contributed by atoms with E-state index >= 15 is 0 Å². The van der Waals surface area contributed by atoms with E-state index in [0.29, 0.717) is 12.2 Å². The van der Waals surface area contributed by atoms with Crippen LogP contribution in [0.15, 0.2) is 29.5 Å². The van der Waals surface area contributed by atoms with Crippen LogP contribution in [0, 0.1) is 0 Å². The average molecular weight is 234 g/mol. The molecule has 0 aliphatic heterocycles. The maximum Gasteiger partial charge on any atom is 0.360 e. The Bertz CT molecular complexity index is 614. The van der Waals surface area contributed by atoms with Gasteiger partial charge in [0, 0.05) is 18.8 Å². The van der Waals surface area contributed by atoms with Gasteiger partial charge in [0.05, 0.1) is 12.4 Å². The first-order valence-electron chi connectivity index (χ1n) is 4.98. The highest BCUT2D eigenvalue weighted by molar-refractivity contribution is 5.84. The van der Waals surface area contributed by atoms with Crippen LogP contribution in [0.25, 0.3) is 5.69 Å². The zero-order valence-corrected chi connectivity index (χ0v) is 9.07. The molecule has 0 saturated carbocycles. The summed E-state index contributed by atoms with van der Waals surface area (Å²) in [5.74, 6) is -1.34. The van der Waals surface area contributed by atoms with Crippen molar-refractivity contribution < 1.29 is 9.90 Å². The predicted molar refractivity (Wildman–Crippen MR) is 58.3 cm³/mol. The fourth-order valence-corrected chi connectivity index (χ4v) is 1.34. The Kier molecular flexibility index (Phi) is 2.73. The second-order valence-electron chi connectivity index (χ2n) is 3.33. The number of carbonyl (C=O) groups is 1. The van der Waals surface area contributed by atoms with Crippen molar-refractivity contribution in [3.63, 3.8) is 0 Å². The molecular weight excluding hydrogens is 224 g/mol. The van der Waals surface area contributed by atoms with Crippen LogP contribution in [0.5, 0.6) is 0 Å². The SMILES string of the molecule is CCn1cc(-n2ccc(=O)c(C(=O)O)n2)cn1. The molecule has 2 aromatic rings. The molecule has 0 radical (unpaired) electrons. The van der Waals surface area contributed by atoms with Gasteiger partial charge in [-0.15, -0.1) is 0 Å². The normalized spacial score (nSPS) is 10.4. The van der Waals surface area contributed by atoms with E-state index in [1.54, 1.807) is 17.1 Å². The molecule has 17 heavy (non-hydrogen) atoms. The lowest BCUT2D eigenvalue weighted by atomic mass is 10.4. The van der Waals surface area contributed by atoms with E-state index in [1.165, 1.54) is 16.9 Å². The van der Waals surface area contributed by atoms with Gasteiger partial charge in [0.2, 0.25) is 11.1 Å². The summed E-state index contributed by atoms with van der Waals surface area (Å²) in [6.45, 7) is 2.63.